The minimum Gasteiger partial charge on any atom is -0.378 e. The highest BCUT2D eigenvalue weighted by Gasteiger charge is 2.20. The second kappa shape index (κ2) is 11.6. The number of aromatic amines is 1. The van der Waals surface area contributed by atoms with E-state index in [0.29, 0.717) is 19.6 Å². The highest BCUT2D eigenvalue weighted by Crippen LogP contribution is 2.20. The van der Waals surface area contributed by atoms with Gasteiger partial charge in [0.25, 0.3) is 0 Å². The van der Waals surface area contributed by atoms with E-state index < -0.39 is 0 Å². The number of H-pyrrole nitrogens is 1. The zero-order chi connectivity index (χ0) is 25.5. The second-order valence-electron chi connectivity index (χ2n) is 9.35. The third kappa shape index (κ3) is 6.33. The van der Waals surface area contributed by atoms with Gasteiger partial charge in [-0.1, -0.05) is 60.7 Å². The molecule has 186 valence electrons. The number of amides is 2. The standard InChI is InChI=1S/C30H34N4O2/c1-23(35)34(21-24-9-5-4-6-10-24)22-30(36)33(20-25-13-15-27(16-14-25)32(2)3)18-17-26-19-31-29-12-8-7-11-28(26)29/h4-16,19,31H,17-18,20-22H2,1-3H3. The Hall–Kier alpha value is -4.06. The summed E-state index contributed by atoms with van der Waals surface area (Å²) in [4.78, 5) is 34.8. The fourth-order valence-electron chi connectivity index (χ4n) is 4.35. The van der Waals surface area contributed by atoms with Gasteiger partial charge in [0.2, 0.25) is 11.8 Å². The number of aromatic nitrogens is 1. The molecule has 36 heavy (non-hydrogen) atoms. The first-order chi connectivity index (χ1) is 17.4. The van der Waals surface area contributed by atoms with Crippen LogP contribution >= 0.6 is 0 Å². The van der Waals surface area contributed by atoms with Crippen molar-refractivity contribution >= 4 is 28.4 Å². The predicted molar refractivity (Wildman–Crippen MR) is 146 cm³/mol. The maximum absolute atomic E-state index is 13.6. The van der Waals surface area contributed by atoms with E-state index in [2.05, 4.69) is 46.3 Å². The zero-order valence-corrected chi connectivity index (χ0v) is 21.3. The number of carbonyl (C=O) groups excluding carboxylic acids is 2. The highest BCUT2D eigenvalue weighted by molar-refractivity contribution is 5.85. The van der Waals surface area contributed by atoms with Gasteiger partial charge in [0, 0.05) is 63.4 Å². The minimum atomic E-state index is -0.112. The van der Waals surface area contributed by atoms with Crippen LogP contribution in [0.3, 0.4) is 0 Å². The molecule has 6 nitrogen and oxygen atoms in total. The molecule has 1 heterocycles. The first-order valence-corrected chi connectivity index (χ1v) is 12.3. The number of rotatable bonds is 10. The van der Waals surface area contributed by atoms with Gasteiger partial charge in [0.05, 0.1) is 0 Å². The number of hydrogen-bond acceptors (Lipinski definition) is 3. The lowest BCUT2D eigenvalue weighted by atomic mass is 10.1. The molecule has 0 unspecified atom stereocenters. The predicted octanol–water partition coefficient (Wildman–Crippen LogP) is 4.85. The Morgan fingerprint density at radius 1 is 0.778 bits per heavy atom. The van der Waals surface area contributed by atoms with Gasteiger partial charge in [-0.15, -0.1) is 0 Å². The van der Waals surface area contributed by atoms with E-state index in [-0.39, 0.29) is 18.4 Å². The summed E-state index contributed by atoms with van der Waals surface area (Å²) in [5, 5.41) is 1.18. The monoisotopic (exact) mass is 482 g/mol. The van der Waals surface area contributed by atoms with Crippen LogP contribution in [0.1, 0.15) is 23.6 Å². The maximum Gasteiger partial charge on any atom is 0.242 e. The third-order valence-electron chi connectivity index (χ3n) is 6.49. The SMILES string of the molecule is CC(=O)N(CC(=O)N(CCc1c[nH]c2ccccc12)Cc1ccc(N(C)C)cc1)Cc1ccccc1. The Labute approximate surface area is 213 Å². The van der Waals surface area contributed by atoms with Crippen LogP contribution in [0.15, 0.2) is 85.1 Å². The zero-order valence-electron chi connectivity index (χ0n) is 21.3. The smallest absolute Gasteiger partial charge is 0.242 e. The molecule has 1 aromatic heterocycles. The summed E-state index contributed by atoms with van der Waals surface area (Å²) >= 11 is 0. The lowest BCUT2D eigenvalue weighted by molar-refractivity contribution is -0.140. The van der Waals surface area contributed by atoms with Gasteiger partial charge in [-0.05, 0) is 41.3 Å². The molecule has 4 rings (SSSR count). The molecular formula is C30H34N4O2. The lowest BCUT2D eigenvalue weighted by Crippen LogP contribution is -2.42. The Morgan fingerprint density at radius 2 is 1.42 bits per heavy atom. The summed E-state index contributed by atoms with van der Waals surface area (Å²) in [5.74, 6) is -0.170. The average molecular weight is 483 g/mol. The van der Waals surface area contributed by atoms with Gasteiger partial charge < -0.3 is 19.7 Å². The summed E-state index contributed by atoms with van der Waals surface area (Å²) in [6.07, 6.45) is 2.75. The fourth-order valence-corrected chi connectivity index (χ4v) is 4.35. The number of nitrogens with zero attached hydrogens (tertiary/aromatic N) is 3. The number of para-hydroxylation sites is 1. The number of fused-ring (bicyclic) bond motifs is 1. The molecule has 0 atom stereocenters. The molecule has 0 bridgehead atoms. The number of benzene rings is 3. The van der Waals surface area contributed by atoms with E-state index in [1.54, 1.807) is 4.90 Å². The van der Waals surface area contributed by atoms with Crippen LogP contribution in [-0.4, -0.2) is 53.8 Å². The van der Waals surface area contributed by atoms with Gasteiger partial charge in [0.15, 0.2) is 0 Å². The van der Waals surface area contributed by atoms with Gasteiger partial charge in [-0.25, -0.2) is 0 Å². The van der Waals surface area contributed by atoms with E-state index in [4.69, 9.17) is 0 Å². The maximum atomic E-state index is 13.6. The molecule has 0 saturated carbocycles. The van der Waals surface area contributed by atoms with E-state index >= 15 is 0 Å². The van der Waals surface area contributed by atoms with Crippen LogP contribution in [0, 0.1) is 0 Å². The molecule has 0 radical (unpaired) electrons. The van der Waals surface area contributed by atoms with Gasteiger partial charge >= 0.3 is 0 Å². The topological polar surface area (TPSA) is 59.7 Å². The van der Waals surface area contributed by atoms with E-state index in [0.717, 1.165) is 28.8 Å². The van der Waals surface area contributed by atoms with Crippen LogP contribution in [0.2, 0.25) is 0 Å². The summed E-state index contributed by atoms with van der Waals surface area (Å²) in [6, 6.07) is 26.2. The first kappa shape index (κ1) is 25.0. The van der Waals surface area contributed by atoms with Crippen molar-refractivity contribution in [3.8, 4) is 0 Å². The highest BCUT2D eigenvalue weighted by atomic mass is 16.2. The number of carbonyl (C=O) groups is 2. The molecule has 0 saturated heterocycles. The molecule has 0 aliphatic heterocycles. The second-order valence-corrected chi connectivity index (χ2v) is 9.35. The Morgan fingerprint density at radius 3 is 2.11 bits per heavy atom. The first-order valence-electron chi connectivity index (χ1n) is 12.3. The van der Waals surface area contributed by atoms with Crippen molar-refractivity contribution in [1.82, 2.24) is 14.8 Å². The van der Waals surface area contributed by atoms with Crippen LogP contribution in [-0.2, 0) is 29.1 Å². The Bertz CT molecular complexity index is 1300. The van der Waals surface area contributed by atoms with Gasteiger partial charge in [-0.2, -0.15) is 0 Å². The number of anilines is 1. The van der Waals surface area contributed by atoms with Crippen molar-refractivity contribution in [2.45, 2.75) is 26.4 Å². The van der Waals surface area contributed by atoms with Crippen LogP contribution in [0.25, 0.3) is 10.9 Å². The molecule has 0 spiro atoms. The molecule has 1 N–H and O–H groups in total. The van der Waals surface area contributed by atoms with E-state index in [1.165, 1.54) is 17.9 Å². The molecular weight excluding hydrogens is 448 g/mol. The Kier molecular flexibility index (Phi) is 8.06. The van der Waals surface area contributed by atoms with Gasteiger partial charge in [0.1, 0.15) is 6.54 Å². The third-order valence-corrected chi connectivity index (χ3v) is 6.49. The van der Waals surface area contributed by atoms with Crippen LogP contribution in [0.5, 0.6) is 0 Å². The van der Waals surface area contributed by atoms with Crippen molar-refractivity contribution in [3.05, 3.63) is 102 Å². The Balaban J connectivity index is 1.52. The average Bonchev–Trinajstić information content (AvgIpc) is 3.30. The molecule has 0 aliphatic rings. The molecule has 6 heteroatoms. The molecule has 0 aliphatic carbocycles. The lowest BCUT2D eigenvalue weighted by Gasteiger charge is -2.27. The summed E-state index contributed by atoms with van der Waals surface area (Å²) in [6.45, 7) is 3.04. The normalized spacial score (nSPS) is 10.9. The number of hydrogen-bond donors (Lipinski definition) is 1. The minimum absolute atomic E-state index is 0.0495. The molecule has 2 amide bonds. The van der Waals surface area contributed by atoms with Gasteiger partial charge in [-0.3, -0.25) is 9.59 Å². The summed E-state index contributed by atoms with van der Waals surface area (Å²) < 4.78 is 0. The largest absolute Gasteiger partial charge is 0.378 e. The van der Waals surface area contributed by atoms with Crippen molar-refractivity contribution < 1.29 is 9.59 Å². The summed E-state index contributed by atoms with van der Waals surface area (Å²) in [7, 11) is 4.02. The van der Waals surface area contributed by atoms with Crippen molar-refractivity contribution in [1.29, 1.82) is 0 Å². The molecule has 3 aromatic carbocycles. The van der Waals surface area contributed by atoms with Crippen LogP contribution in [0.4, 0.5) is 5.69 Å². The van der Waals surface area contributed by atoms with Crippen molar-refractivity contribution in [3.63, 3.8) is 0 Å². The van der Waals surface area contributed by atoms with Crippen molar-refractivity contribution in [2.24, 2.45) is 0 Å². The quantitative estimate of drug-likeness (QED) is 0.351. The number of nitrogens with one attached hydrogen (secondary N) is 1. The fraction of sp³-hybridized carbons (Fsp3) is 0.267. The van der Waals surface area contributed by atoms with Crippen molar-refractivity contribution in [2.75, 3.05) is 32.1 Å². The summed E-state index contributed by atoms with van der Waals surface area (Å²) in [5.41, 5.74) is 5.45. The molecule has 0 fully saturated rings. The van der Waals surface area contributed by atoms with Crippen LogP contribution < -0.4 is 4.90 Å². The van der Waals surface area contributed by atoms with E-state index in [9.17, 15) is 9.59 Å². The molecule has 4 aromatic rings. The van der Waals surface area contributed by atoms with E-state index in [1.807, 2.05) is 67.7 Å².